The molecule has 0 saturated heterocycles. The van der Waals surface area contributed by atoms with Gasteiger partial charge in [-0.25, -0.2) is 4.79 Å². The third kappa shape index (κ3) is 6.22. The van der Waals surface area contributed by atoms with E-state index in [-0.39, 0.29) is 23.4 Å². The number of hydrogen-bond acceptors (Lipinski definition) is 7. The quantitative estimate of drug-likeness (QED) is 0.436. The molecule has 3 N–H and O–H groups in total. The summed E-state index contributed by atoms with van der Waals surface area (Å²) in [6, 6.07) is 16.1. The molecule has 0 spiro atoms. The van der Waals surface area contributed by atoms with Crippen molar-refractivity contribution < 1.29 is 33.1 Å². The normalized spacial score (nSPS) is 10.3. The Kier molecular flexibility index (Phi) is 8.01. The molecule has 0 aliphatic carbocycles. The fourth-order valence-corrected chi connectivity index (χ4v) is 2.98. The summed E-state index contributed by atoms with van der Waals surface area (Å²) in [6.45, 7) is -0.806. The number of carbonyl (C=O) groups excluding carboxylic acids is 4. The molecule has 10 nitrogen and oxygen atoms in total. The van der Waals surface area contributed by atoms with Crippen LogP contribution in [0.4, 0.5) is 5.69 Å². The molecule has 10 heteroatoms. The number of nitrogens with zero attached hydrogens (tertiary/aromatic N) is 1. The molecular weight excluding hydrogens is 442 g/mol. The number of para-hydroxylation sites is 2. The Hall–Kier alpha value is -4.60. The molecule has 0 bridgehead atoms. The Morgan fingerprint density at radius 1 is 0.941 bits per heavy atom. The lowest BCUT2D eigenvalue weighted by Gasteiger charge is -2.20. The minimum absolute atomic E-state index is 0.0388. The summed E-state index contributed by atoms with van der Waals surface area (Å²) in [5, 5.41) is 2.73. The number of esters is 1. The molecule has 3 rings (SSSR count). The van der Waals surface area contributed by atoms with Crippen molar-refractivity contribution in [1.29, 1.82) is 0 Å². The van der Waals surface area contributed by atoms with Gasteiger partial charge in [-0.3, -0.25) is 14.4 Å². The van der Waals surface area contributed by atoms with Crippen molar-refractivity contribution in [3.05, 3.63) is 83.8 Å². The van der Waals surface area contributed by atoms with Crippen LogP contribution in [0.5, 0.6) is 5.75 Å². The topological polar surface area (TPSA) is 141 Å². The van der Waals surface area contributed by atoms with Crippen molar-refractivity contribution in [2.45, 2.75) is 6.54 Å². The van der Waals surface area contributed by atoms with E-state index in [4.69, 9.17) is 19.6 Å². The van der Waals surface area contributed by atoms with E-state index in [9.17, 15) is 19.2 Å². The van der Waals surface area contributed by atoms with E-state index in [1.165, 1.54) is 30.3 Å². The molecular formula is C24H23N3O7. The molecule has 1 aromatic heterocycles. The van der Waals surface area contributed by atoms with Crippen LogP contribution in [0.3, 0.4) is 0 Å². The molecule has 0 radical (unpaired) electrons. The maximum absolute atomic E-state index is 12.7. The van der Waals surface area contributed by atoms with Gasteiger partial charge in [-0.2, -0.15) is 0 Å². The molecule has 34 heavy (non-hydrogen) atoms. The molecule has 3 amide bonds. The molecule has 0 atom stereocenters. The smallest absolute Gasteiger partial charge is 0.342 e. The molecule has 0 unspecified atom stereocenters. The second-order valence-electron chi connectivity index (χ2n) is 7.06. The Labute approximate surface area is 195 Å². The van der Waals surface area contributed by atoms with Crippen LogP contribution in [-0.2, 0) is 20.9 Å². The van der Waals surface area contributed by atoms with E-state index in [0.29, 0.717) is 11.4 Å². The molecule has 3 aromatic rings. The number of likely N-dealkylation sites (N-methyl/N-ethyl adjacent to an activating group) is 1. The highest BCUT2D eigenvalue weighted by molar-refractivity contribution is 6.05. The fourth-order valence-electron chi connectivity index (χ4n) is 2.98. The Balaban J connectivity index is 1.64. The van der Waals surface area contributed by atoms with E-state index in [0.717, 1.165) is 0 Å². The number of benzene rings is 2. The number of amides is 3. The summed E-state index contributed by atoms with van der Waals surface area (Å²) in [6.07, 6.45) is 1.51. The first-order valence-corrected chi connectivity index (χ1v) is 10.2. The zero-order chi connectivity index (χ0) is 24.5. The number of nitrogens with two attached hydrogens (primary N) is 1. The number of primary amides is 1. The maximum atomic E-state index is 12.7. The van der Waals surface area contributed by atoms with E-state index < -0.39 is 36.9 Å². The van der Waals surface area contributed by atoms with Crippen molar-refractivity contribution in [1.82, 2.24) is 5.32 Å². The van der Waals surface area contributed by atoms with Crippen molar-refractivity contribution >= 4 is 29.4 Å². The predicted octanol–water partition coefficient (Wildman–Crippen LogP) is 1.89. The van der Waals surface area contributed by atoms with Gasteiger partial charge in [-0.05, 0) is 36.4 Å². The zero-order valence-corrected chi connectivity index (χ0v) is 18.4. The molecule has 1 heterocycles. The number of hydrogen-bond donors (Lipinski definition) is 2. The van der Waals surface area contributed by atoms with Crippen LogP contribution in [-0.4, -0.2) is 44.0 Å². The lowest BCUT2D eigenvalue weighted by Crippen LogP contribution is -2.33. The fraction of sp³-hybridized carbons (Fsp3) is 0.167. The number of nitrogens with one attached hydrogen (secondary N) is 1. The highest BCUT2D eigenvalue weighted by atomic mass is 16.5. The first-order valence-electron chi connectivity index (χ1n) is 10.2. The number of anilines is 1. The van der Waals surface area contributed by atoms with Gasteiger partial charge in [0.2, 0.25) is 0 Å². The van der Waals surface area contributed by atoms with E-state index in [2.05, 4.69) is 5.32 Å². The first kappa shape index (κ1) is 24.1. The molecule has 2 aromatic carbocycles. The highest BCUT2D eigenvalue weighted by Crippen LogP contribution is 2.21. The van der Waals surface area contributed by atoms with Gasteiger partial charge in [0.05, 0.1) is 24.1 Å². The molecule has 0 aliphatic heterocycles. The Morgan fingerprint density at radius 2 is 1.65 bits per heavy atom. The summed E-state index contributed by atoms with van der Waals surface area (Å²) in [5.41, 5.74) is 5.71. The van der Waals surface area contributed by atoms with Crippen LogP contribution in [0.25, 0.3) is 0 Å². The second-order valence-corrected chi connectivity index (χ2v) is 7.06. The maximum Gasteiger partial charge on any atom is 0.342 e. The number of rotatable bonds is 10. The monoisotopic (exact) mass is 465 g/mol. The Bertz CT molecular complexity index is 1170. The second kappa shape index (κ2) is 11.3. The van der Waals surface area contributed by atoms with Gasteiger partial charge in [0.1, 0.15) is 17.1 Å². The van der Waals surface area contributed by atoms with Crippen LogP contribution in [0, 0.1) is 0 Å². The van der Waals surface area contributed by atoms with Crippen LogP contribution in [0.2, 0.25) is 0 Å². The van der Waals surface area contributed by atoms with Gasteiger partial charge in [0, 0.05) is 7.05 Å². The van der Waals surface area contributed by atoms with Gasteiger partial charge in [-0.1, -0.05) is 24.3 Å². The van der Waals surface area contributed by atoms with Crippen LogP contribution >= 0.6 is 0 Å². The van der Waals surface area contributed by atoms with Crippen LogP contribution in [0.1, 0.15) is 26.5 Å². The van der Waals surface area contributed by atoms with Crippen molar-refractivity contribution in [3.63, 3.8) is 0 Å². The number of ether oxygens (including phenoxy) is 2. The average Bonchev–Trinajstić information content (AvgIpc) is 3.37. The van der Waals surface area contributed by atoms with Gasteiger partial charge in [0.15, 0.2) is 13.2 Å². The molecule has 0 fully saturated rings. The standard InChI is InChI=1S/C24H23N3O7/c1-27(19-10-4-2-8-17(19)23(30)26-13-16-7-6-12-32-16)22(29)15-34-24(31)18-9-3-5-11-20(18)33-14-21(25)28/h2-12H,13-15H2,1H3,(H2,25,28)(H,26,30). The van der Waals surface area contributed by atoms with Crippen molar-refractivity contribution in [3.8, 4) is 5.75 Å². The summed E-state index contributed by atoms with van der Waals surface area (Å²) in [4.78, 5) is 50.0. The number of furan rings is 1. The average molecular weight is 465 g/mol. The lowest BCUT2D eigenvalue weighted by molar-refractivity contribution is -0.121. The third-order valence-corrected chi connectivity index (χ3v) is 4.69. The largest absolute Gasteiger partial charge is 0.483 e. The molecule has 0 aliphatic rings. The molecule has 0 saturated carbocycles. The van der Waals surface area contributed by atoms with Gasteiger partial charge in [0.25, 0.3) is 17.7 Å². The lowest BCUT2D eigenvalue weighted by atomic mass is 10.1. The first-order chi connectivity index (χ1) is 16.4. The highest BCUT2D eigenvalue weighted by Gasteiger charge is 2.21. The van der Waals surface area contributed by atoms with E-state index in [1.54, 1.807) is 48.5 Å². The predicted molar refractivity (Wildman–Crippen MR) is 121 cm³/mol. The van der Waals surface area contributed by atoms with Crippen molar-refractivity contribution in [2.75, 3.05) is 25.2 Å². The van der Waals surface area contributed by atoms with Crippen LogP contribution < -0.4 is 20.7 Å². The SMILES string of the molecule is CN(C(=O)COC(=O)c1ccccc1OCC(N)=O)c1ccccc1C(=O)NCc1ccco1. The van der Waals surface area contributed by atoms with Crippen molar-refractivity contribution in [2.24, 2.45) is 5.73 Å². The third-order valence-electron chi connectivity index (χ3n) is 4.69. The zero-order valence-electron chi connectivity index (χ0n) is 18.4. The minimum atomic E-state index is -0.814. The summed E-state index contributed by atoms with van der Waals surface area (Å²) in [5.74, 6) is -1.79. The van der Waals surface area contributed by atoms with Gasteiger partial charge >= 0.3 is 5.97 Å². The van der Waals surface area contributed by atoms with E-state index in [1.807, 2.05) is 0 Å². The number of carbonyl (C=O) groups is 4. The van der Waals surface area contributed by atoms with Gasteiger partial charge in [-0.15, -0.1) is 0 Å². The minimum Gasteiger partial charge on any atom is -0.483 e. The van der Waals surface area contributed by atoms with E-state index >= 15 is 0 Å². The van der Waals surface area contributed by atoms with Crippen LogP contribution in [0.15, 0.2) is 71.3 Å². The Morgan fingerprint density at radius 3 is 2.35 bits per heavy atom. The summed E-state index contributed by atoms with van der Waals surface area (Å²) >= 11 is 0. The summed E-state index contributed by atoms with van der Waals surface area (Å²) < 4.78 is 15.6. The van der Waals surface area contributed by atoms with Gasteiger partial charge < -0.3 is 29.8 Å². The molecule has 176 valence electrons. The summed E-state index contributed by atoms with van der Waals surface area (Å²) in [7, 11) is 1.47.